The van der Waals surface area contributed by atoms with Crippen LogP contribution in [0.3, 0.4) is 0 Å². The highest BCUT2D eigenvalue weighted by molar-refractivity contribution is 5.93. The maximum atomic E-state index is 12.4. The molecule has 150 valence electrons. The Morgan fingerprint density at radius 2 is 2.07 bits per heavy atom. The Balaban J connectivity index is 1.37. The molecule has 29 heavy (non-hydrogen) atoms. The minimum atomic E-state index is -0.262. The van der Waals surface area contributed by atoms with Gasteiger partial charge in [-0.05, 0) is 24.3 Å². The normalized spacial score (nSPS) is 13.4. The molecule has 3 aromatic heterocycles. The maximum Gasteiger partial charge on any atom is 0.269 e. The molecule has 4 rings (SSSR count). The van der Waals surface area contributed by atoms with Crippen LogP contribution in [0, 0.1) is 5.92 Å². The Labute approximate surface area is 168 Å². The van der Waals surface area contributed by atoms with Gasteiger partial charge in [0.15, 0.2) is 0 Å². The standard InChI is InChI=1S/C20H23N7O2/c1-13(2)20(29)26-7-8-27-15(12-26)9-14(25-27)11-22-19(28)18-10-17(23-24-18)16-5-3-4-6-21-16/h3-6,9-10,13H,7-8,11-12H2,1-2H3,(H,22,28)(H,23,24). The van der Waals surface area contributed by atoms with Gasteiger partial charge in [-0.1, -0.05) is 19.9 Å². The van der Waals surface area contributed by atoms with Crippen LogP contribution < -0.4 is 5.32 Å². The highest BCUT2D eigenvalue weighted by Crippen LogP contribution is 2.17. The summed E-state index contributed by atoms with van der Waals surface area (Å²) in [7, 11) is 0. The Bertz CT molecular complexity index is 1020. The molecular formula is C20H23N7O2. The average molecular weight is 393 g/mol. The number of nitrogens with one attached hydrogen (secondary N) is 2. The fourth-order valence-electron chi connectivity index (χ4n) is 3.32. The molecular weight excluding hydrogens is 370 g/mol. The summed E-state index contributed by atoms with van der Waals surface area (Å²) in [6, 6.07) is 9.14. The van der Waals surface area contributed by atoms with Gasteiger partial charge in [0.05, 0.1) is 36.7 Å². The van der Waals surface area contributed by atoms with E-state index in [-0.39, 0.29) is 17.7 Å². The molecule has 0 unspecified atom stereocenters. The van der Waals surface area contributed by atoms with E-state index in [1.54, 1.807) is 12.3 Å². The van der Waals surface area contributed by atoms with Crippen molar-refractivity contribution in [3.8, 4) is 11.4 Å². The van der Waals surface area contributed by atoms with Crippen molar-refractivity contribution in [2.45, 2.75) is 33.5 Å². The molecule has 0 spiro atoms. The summed E-state index contributed by atoms with van der Waals surface area (Å²) in [5.41, 5.74) is 3.42. The summed E-state index contributed by atoms with van der Waals surface area (Å²) in [5, 5.41) is 14.3. The molecule has 0 radical (unpaired) electrons. The van der Waals surface area contributed by atoms with E-state index >= 15 is 0 Å². The van der Waals surface area contributed by atoms with E-state index in [4.69, 9.17) is 0 Å². The van der Waals surface area contributed by atoms with Crippen LogP contribution in [0.1, 0.15) is 35.7 Å². The number of hydrogen-bond donors (Lipinski definition) is 2. The summed E-state index contributed by atoms with van der Waals surface area (Å²) >= 11 is 0. The maximum absolute atomic E-state index is 12.4. The number of hydrogen-bond acceptors (Lipinski definition) is 5. The second-order valence-corrected chi connectivity index (χ2v) is 7.33. The number of carbonyl (C=O) groups is 2. The van der Waals surface area contributed by atoms with E-state index in [1.165, 1.54) is 0 Å². The molecule has 9 heteroatoms. The van der Waals surface area contributed by atoms with Gasteiger partial charge in [-0.2, -0.15) is 10.2 Å². The van der Waals surface area contributed by atoms with E-state index < -0.39 is 0 Å². The second-order valence-electron chi connectivity index (χ2n) is 7.33. The lowest BCUT2D eigenvalue weighted by molar-refractivity contribution is -0.136. The quantitative estimate of drug-likeness (QED) is 0.684. The van der Waals surface area contributed by atoms with Crippen molar-refractivity contribution in [2.75, 3.05) is 6.54 Å². The molecule has 0 saturated carbocycles. The van der Waals surface area contributed by atoms with Gasteiger partial charge < -0.3 is 10.2 Å². The molecule has 2 amide bonds. The van der Waals surface area contributed by atoms with Gasteiger partial charge in [-0.15, -0.1) is 0 Å². The van der Waals surface area contributed by atoms with Gasteiger partial charge in [0.2, 0.25) is 5.91 Å². The number of aromatic nitrogens is 5. The van der Waals surface area contributed by atoms with Crippen LogP contribution in [0.15, 0.2) is 36.5 Å². The van der Waals surface area contributed by atoms with Crippen molar-refractivity contribution >= 4 is 11.8 Å². The Morgan fingerprint density at radius 3 is 2.83 bits per heavy atom. The van der Waals surface area contributed by atoms with Crippen molar-refractivity contribution in [1.29, 1.82) is 0 Å². The lowest BCUT2D eigenvalue weighted by Gasteiger charge is -2.29. The topological polar surface area (TPSA) is 109 Å². The van der Waals surface area contributed by atoms with E-state index in [9.17, 15) is 9.59 Å². The molecule has 3 aromatic rings. The van der Waals surface area contributed by atoms with Gasteiger partial charge in [0.1, 0.15) is 11.4 Å². The zero-order chi connectivity index (χ0) is 20.4. The fraction of sp³-hybridized carbons (Fsp3) is 0.350. The van der Waals surface area contributed by atoms with E-state index in [0.717, 1.165) is 11.4 Å². The summed E-state index contributed by atoms with van der Waals surface area (Å²) in [4.78, 5) is 30.7. The second kappa shape index (κ2) is 7.86. The number of rotatable bonds is 5. The molecule has 9 nitrogen and oxygen atoms in total. The first kappa shape index (κ1) is 18.9. The molecule has 2 N–H and O–H groups in total. The third-order valence-corrected chi connectivity index (χ3v) is 4.83. The van der Waals surface area contributed by atoms with Gasteiger partial charge >= 0.3 is 0 Å². The predicted octanol–water partition coefficient (Wildman–Crippen LogP) is 1.60. The van der Waals surface area contributed by atoms with Crippen molar-refractivity contribution in [2.24, 2.45) is 5.92 Å². The largest absolute Gasteiger partial charge is 0.345 e. The van der Waals surface area contributed by atoms with Crippen molar-refractivity contribution < 1.29 is 9.59 Å². The first-order valence-electron chi connectivity index (χ1n) is 9.60. The Kier molecular flexibility index (Phi) is 5.11. The first-order chi connectivity index (χ1) is 14.0. The SMILES string of the molecule is CC(C)C(=O)N1CCn2nc(CNC(=O)c3cc(-c4ccccn4)n[nH]3)cc2C1. The Morgan fingerprint density at radius 1 is 1.21 bits per heavy atom. The number of nitrogens with zero attached hydrogens (tertiary/aromatic N) is 5. The highest BCUT2D eigenvalue weighted by Gasteiger charge is 2.24. The molecule has 0 aromatic carbocycles. The van der Waals surface area contributed by atoms with Crippen LogP contribution in [-0.4, -0.2) is 48.2 Å². The van der Waals surface area contributed by atoms with Crippen LogP contribution in [0.4, 0.5) is 0 Å². The molecule has 0 atom stereocenters. The van der Waals surface area contributed by atoms with Crippen LogP contribution in [0.25, 0.3) is 11.4 Å². The molecule has 0 aliphatic carbocycles. The molecule has 0 bridgehead atoms. The molecule has 1 aliphatic heterocycles. The van der Waals surface area contributed by atoms with Crippen molar-refractivity contribution in [3.05, 3.63) is 53.6 Å². The van der Waals surface area contributed by atoms with Crippen molar-refractivity contribution in [3.63, 3.8) is 0 Å². The zero-order valence-electron chi connectivity index (χ0n) is 16.4. The molecule has 0 saturated heterocycles. The summed E-state index contributed by atoms with van der Waals surface area (Å²) in [6.07, 6.45) is 1.68. The van der Waals surface area contributed by atoms with Gasteiger partial charge in [-0.3, -0.25) is 24.4 Å². The van der Waals surface area contributed by atoms with Crippen LogP contribution in [-0.2, 0) is 24.4 Å². The molecule has 0 fully saturated rings. The smallest absolute Gasteiger partial charge is 0.269 e. The van der Waals surface area contributed by atoms with Crippen molar-refractivity contribution in [1.82, 2.24) is 35.2 Å². The number of fused-ring (bicyclic) bond motifs is 1. The molecule has 4 heterocycles. The first-order valence-corrected chi connectivity index (χ1v) is 9.60. The van der Waals surface area contributed by atoms with Gasteiger partial charge in [0, 0.05) is 18.7 Å². The minimum Gasteiger partial charge on any atom is -0.345 e. The van der Waals surface area contributed by atoms with E-state index in [1.807, 2.05) is 47.7 Å². The number of carbonyl (C=O) groups excluding carboxylic acids is 2. The number of pyridine rings is 1. The number of aromatic amines is 1. The fourth-order valence-corrected chi connectivity index (χ4v) is 3.32. The monoisotopic (exact) mass is 393 g/mol. The number of amides is 2. The van der Waals surface area contributed by atoms with E-state index in [0.29, 0.717) is 43.3 Å². The minimum absolute atomic E-state index is 0.0198. The van der Waals surface area contributed by atoms with Gasteiger partial charge in [0.25, 0.3) is 5.91 Å². The molecule has 1 aliphatic rings. The third-order valence-electron chi connectivity index (χ3n) is 4.83. The summed E-state index contributed by atoms with van der Waals surface area (Å²) in [6.45, 7) is 5.98. The lowest BCUT2D eigenvalue weighted by atomic mass is 10.1. The highest BCUT2D eigenvalue weighted by atomic mass is 16.2. The zero-order valence-corrected chi connectivity index (χ0v) is 16.4. The van der Waals surface area contributed by atoms with Gasteiger partial charge in [-0.25, -0.2) is 0 Å². The average Bonchev–Trinajstić information content (AvgIpc) is 3.38. The van der Waals surface area contributed by atoms with Crippen LogP contribution >= 0.6 is 0 Å². The summed E-state index contributed by atoms with van der Waals surface area (Å²) in [5.74, 6) is -0.133. The third kappa shape index (κ3) is 4.03. The van der Waals surface area contributed by atoms with E-state index in [2.05, 4.69) is 25.6 Å². The van der Waals surface area contributed by atoms with Crippen LogP contribution in [0.5, 0.6) is 0 Å². The lowest BCUT2D eigenvalue weighted by Crippen LogP contribution is -2.40. The Hall–Kier alpha value is -3.49. The summed E-state index contributed by atoms with van der Waals surface area (Å²) < 4.78 is 1.90. The number of H-pyrrole nitrogens is 1. The van der Waals surface area contributed by atoms with Crippen LogP contribution in [0.2, 0.25) is 0 Å². The predicted molar refractivity (Wildman–Crippen MR) is 105 cm³/mol.